The molecule has 1 heterocycles. The van der Waals surface area contributed by atoms with Gasteiger partial charge in [-0.15, -0.1) is 0 Å². The van der Waals surface area contributed by atoms with Gasteiger partial charge in [-0.2, -0.15) is 5.26 Å². The summed E-state index contributed by atoms with van der Waals surface area (Å²) in [5, 5.41) is 12.1. The second-order valence-corrected chi connectivity index (χ2v) is 4.57. The van der Waals surface area contributed by atoms with Gasteiger partial charge in [0.25, 0.3) is 0 Å². The third-order valence-corrected chi connectivity index (χ3v) is 2.76. The Balaban J connectivity index is 2.23. The molecule has 1 aromatic carbocycles. The Bertz CT molecular complexity index is 595. The van der Waals surface area contributed by atoms with Crippen molar-refractivity contribution in [2.75, 3.05) is 5.32 Å². The molecule has 1 unspecified atom stereocenters. The van der Waals surface area contributed by atoms with Crippen LogP contribution >= 0.6 is 15.9 Å². The van der Waals surface area contributed by atoms with Crippen LogP contribution in [0.4, 0.5) is 10.1 Å². The van der Waals surface area contributed by atoms with E-state index in [1.165, 1.54) is 12.1 Å². The van der Waals surface area contributed by atoms with Gasteiger partial charge in [0.05, 0.1) is 6.07 Å². The Labute approximate surface area is 112 Å². The quantitative estimate of drug-likeness (QED) is 0.941. The molecule has 0 amide bonds. The van der Waals surface area contributed by atoms with Crippen LogP contribution in [-0.2, 0) is 0 Å². The summed E-state index contributed by atoms with van der Waals surface area (Å²) in [7, 11) is 0. The highest BCUT2D eigenvalue weighted by Crippen LogP contribution is 2.21. The Kier molecular flexibility index (Phi) is 3.90. The molecule has 18 heavy (non-hydrogen) atoms. The average molecular weight is 306 g/mol. The van der Waals surface area contributed by atoms with Crippen LogP contribution in [0.25, 0.3) is 0 Å². The van der Waals surface area contributed by atoms with Gasteiger partial charge in [-0.3, -0.25) is 4.98 Å². The van der Waals surface area contributed by atoms with Crippen LogP contribution in [0, 0.1) is 17.1 Å². The fourth-order valence-corrected chi connectivity index (χ4v) is 1.90. The maximum absolute atomic E-state index is 13.0. The molecule has 5 heteroatoms. The summed E-state index contributed by atoms with van der Waals surface area (Å²) in [4.78, 5) is 4.00. The molecule has 1 aromatic heterocycles. The zero-order valence-electron chi connectivity index (χ0n) is 9.27. The van der Waals surface area contributed by atoms with E-state index in [4.69, 9.17) is 5.26 Å². The van der Waals surface area contributed by atoms with E-state index in [1.54, 1.807) is 30.6 Å². The van der Waals surface area contributed by atoms with Crippen LogP contribution in [0.2, 0.25) is 0 Å². The molecule has 1 atom stereocenters. The van der Waals surface area contributed by atoms with Crippen molar-refractivity contribution < 1.29 is 4.39 Å². The fraction of sp³-hybridized carbons (Fsp3) is 0.0769. The Morgan fingerprint density at radius 3 is 2.83 bits per heavy atom. The predicted molar refractivity (Wildman–Crippen MR) is 70.3 cm³/mol. The number of nitrogens with zero attached hydrogens (tertiary/aromatic N) is 2. The molecule has 3 nitrogen and oxygen atoms in total. The zero-order valence-corrected chi connectivity index (χ0v) is 10.9. The van der Waals surface area contributed by atoms with Crippen LogP contribution in [-0.4, -0.2) is 4.98 Å². The van der Waals surface area contributed by atoms with Gasteiger partial charge in [-0.25, -0.2) is 4.39 Å². The molecule has 0 radical (unpaired) electrons. The normalized spacial score (nSPS) is 11.6. The SMILES string of the molecule is N#CC(Nc1cccc(F)c1)c1cncc(Br)c1. The van der Waals surface area contributed by atoms with E-state index in [1.807, 2.05) is 0 Å². The van der Waals surface area contributed by atoms with Gasteiger partial charge in [0, 0.05) is 28.1 Å². The third-order valence-electron chi connectivity index (χ3n) is 2.32. The lowest BCUT2D eigenvalue weighted by Gasteiger charge is -2.13. The van der Waals surface area contributed by atoms with Crippen LogP contribution in [0.5, 0.6) is 0 Å². The van der Waals surface area contributed by atoms with Gasteiger partial charge in [-0.05, 0) is 40.2 Å². The van der Waals surface area contributed by atoms with Crippen molar-refractivity contribution in [2.45, 2.75) is 6.04 Å². The minimum Gasteiger partial charge on any atom is -0.366 e. The van der Waals surface area contributed by atoms with Crippen LogP contribution in [0.3, 0.4) is 0 Å². The van der Waals surface area contributed by atoms with Crippen molar-refractivity contribution in [3.8, 4) is 6.07 Å². The molecule has 1 N–H and O–H groups in total. The van der Waals surface area contributed by atoms with E-state index in [2.05, 4.69) is 32.3 Å². The molecule has 0 aliphatic heterocycles. The van der Waals surface area contributed by atoms with E-state index < -0.39 is 6.04 Å². The minimum absolute atomic E-state index is 0.343. The average Bonchev–Trinajstić information content (AvgIpc) is 2.36. The lowest BCUT2D eigenvalue weighted by molar-refractivity contribution is 0.628. The van der Waals surface area contributed by atoms with Crippen molar-refractivity contribution in [2.24, 2.45) is 0 Å². The second kappa shape index (κ2) is 5.61. The molecule has 0 spiro atoms. The lowest BCUT2D eigenvalue weighted by Crippen LogP contribution is -2.08. The van der Waals surface area contributed by atoms with Crippen molar-refractivity contribution >= 4 is 21.6 Å². The van der Waals surface area contributed by atoms with Gasteiger partial charge in [0.15, 0.2) is 0 Å². The highest BCUT2D eigenvalue weighted by Gasteiger charge is 2.11. The second-order valence-electron chi connectivity index (χ2n) is 3.65. The number of hydrogen-bond acceptors (Lipinski definition) is 3. The van der Waals surface area contributed by atoms with Crippen molar-refractivity contribution in [3.05, 3.63) is 58.6 Å². The largest absolute Gasteiger partial charge is 0.366 e. The maximum Gasteiger partial charge on any atom is 0.141 e. The Hall–Kier alpha value is -1.93. The molecule has 2 rings (SSSR count). The van der Waals surface area contributed by atoms with Crippen LogP contribution in [0.15, 0.2) is 47.2 Å². The number of pyridine rings is 1. The highest BCUT2D eigenvalue weighted by molar-refractivity contribution is 9.10. The number of rotatable bonds is 3. The molecular weight excluding hydrogens is 297 g/mol. The topological polar surface area (TPSA) is 48.7 Å². The predicted octanol–water partition coefficient (Wildman–Crippen LogP) is 3.66. The van der Waals surface area contributed by atoms with Gasteiger partial charge < -0.3 is 5.32 Å². The summed E-state index contributed by atoms with van der Waals surface area (Å²) in [5.74, 6) is -0.343. The minimum atomic E-state index is -0.572. The van der Waals surface area contributed by atoms with E-state index in [0.29, 0.717) is 5.69 Å². The molecular formula is C13H9BrFN3. The molecule has 0 aliphatic rings. The number of aromatic nitrogens is 1. The number of nitrogens with one attached hydrogen (secondary N) is 1. The lowest BCUT2D eigenvalue weighted by atomic mass is 10.1. The van der Waals surface area contributed by atoms with E-state index in [-0.39, 0.29) is 5.82 Å². The number of halogens is 2. The van der Waals surface area contributed by atoms with Gasteiger partial charge in [0.2, 0.25) is 0 Å². The third kappa shape index (κ3) is 3.05. The first kappa shape index (κ1) is 12.5. The van der Waals surface area contributed by atoms with Crippen molar-refractivity contribution in [3.63, 3.8) is 0 Å². The molecule has 0 saturated carbocycles. The zero-order chi connectivity index (χ0) is 13.0. The van der Waals surface area contributed by atoms with Gasteiger partial charge >= 0.3 is 0 Å². The summed E-state index contributed by atoms with van der Waals surface area (Å²) in [6.07, 6.45) is 3.24. The molecule has 0 saturated heterocycles. The monoisotopic (exact) mass is 305 g/mol. The number of anilines is 1. The summed E-state index contributed by atoms with van der Waals surface area (Å²) >= 11 is 3.30. The molecule has 0 fully saturated rings. The van der Waals surface area contributed by atoms with Crippen LogP contribution in [0.1, 0.15) is 11.6 Å². The first-order valence-corrected chi connectivity index (χ1v) is 6.00. The molecule has 90 valence electrons. The smallest absolute Gasteiger partial charge is 0.141 e. The first-order chi connectivity index (χ1) is 8.69. The summed E-state index contributed by atoms with van der Waals surface area (Å²) in [6, 6.07) is 9.34. The first-order valence-electron chi connectivity index (χ1n) is 5.21. The van der Waals surface area contributed by atoms with Crippen molar-refractivity contribution in [1.82, 2.24) is 4.98 Å². The van der Waals surface area contributed by atoms with Gasteiger partial charge in [-0.1, -0.05) is 6.07 Å². The molecule has 0 bridgehead atoms. The standard InChI is InChI=1S/C13H9BrFN3/c14-10-4-9(7-17-8-10)13(6-16)18-12-3-1-2-11(15)5-12/h1-5,7-8,13,18H. The summed E-state index contributed by atoms with van der Waals surface area (Å²) < 4.78 is 13.8. The Morgan fingerprint density at radius 1 is 1.33 bits per heavy atom. The van der Waals surface area contributed by atoms with E-state index >= 15 is 0 Å². The van der Waals surface area contributed by atoms with Gasteiger partial charge in [0.1, 0.15) is 11.9 Å². The van der Waals surface area contributed by atoms with E-state index in [9.17, 15) is 4.39 Å². The number of benzene rings is 1. The maximum atomic E-state index is 13.0. The number of hydrogen-bond donors (Lipinski definition) is 1. The van der Waals surface area contributed by atoms with Crippen molar-refractivity contribution in [1.29, 1.82) is 5.26 Å². The summed E-state index contributed by atoms with van der Waals surface area (Å²) in [6.45, 7) is 0. The molecule has 2 aromatic rings. The van der Waals surface area contributed by atoms with E-state index in [0.717, 1.165) is 10.0 Å². The highest BCUT2D eigenvalue weighted by atomic mass is 79.9. The summed E-state index contributed by atoms with van der Waals surface area (Å²) in [5.41, 5.74) is 1.28. The number of nitriles is 1. The fourth-order valence-electron chi connectivity index (χ4n) is 1.52. The Morgan fingerprint density at radius 2 is 2.17 bits per heavy atom. The van der Waals surface area contributed by atoms with Crippen LogP contribution < -0.4 is 5.32 Å². The molecule has 0 aliphatic carbocycles.